The average Bonchev–Trinajstić information content (AvgIpc) is 2.95. The molecule has 2 aliphatic rings. The molecule has 2 saturated heterocycles. The van der Waals surface area contributed by atoms with Crippen molar-refractivity contribution in [2.24, 2.45) is 0 Å². The van der Waals surface area contributed by atoms with Gasteiger partial charge in [-0.25, -0.2) is 4.79 Å². The molecular formula is C17H23N3O4. The first-order chi connectivity index (χ1) is 11.6. The third kappa shape index (κ3) is 3.55. The maximum absolute atomic E-state index is 12.5. The van der Waals surface area contributed by atoms with Gasteiger partial charge in [-0.15, -0.1) is 0 Å². The minimum atomic E-state index is -0.429. The van der Waals surface area contributed by atoms with Crippen LogP contribution in [-0.4, -0.2) is 67.7 Å². The smallest absolute Gasteiger partial charge is 0.317 e. The Morgan fingerprint density at radius 2 is 1.79 bits per heavy atom. The number of nitrogens with one attached hydrogen (secondary N) is 1. The summed E-state index contributed by atoms with van der Waals surface area (Å²) in [6.45, 7) is 1.73. The van der Waals surface area contributed by atoms with Crippen molar-refractivity contribution in [3.05, 3.63) is 24.3 Å². The molecule has 1 N–H and O–H groups in total. The molecule has 2 fully saturated rings. The van der Waals surface area contributed by atoms with Gasteiger partial charge in [0.05, 0.1) is 13.7 Å². The van der Waals surface area contributed by atoms with E-state index >= 15 is 0 Å². The van der Waals surface area contributed by atoms with Crippen molar-refractivity contribution in [3.8, 4) is 11.5 Å². The zero-order valence-corrected chi connectivity index (χ0v) is 14.0. The quantitative estimate of drug-likeness (QED) is 0.895. The number of rotatable bonds is 4. The topological polar surface area (TPSA) is 71.1 Å². The molecular weight excluding hydrogens is 310 g/mol. The monoisotopic (exact) mass is 333 g/mol. The van der Waals surface area contributed by atoms with Crippen LogP contribution in [0.2, 0.25) is 0 Å². The molecule has 0 aliphatic carbocycles. The highest BCUT2D eigenvalue weighted by atomic mass is 16.5. The Labute approximate surface area is 141 Å². The Bertz CT molecular complexity index is 596. The predicted molar refractivity (Wildman–Crippen MR) is 88.2 cm³/mol. The van der Waals surface area contributed by atoms with Crippen molar-refractivity contribution in [3.63, 3.8) is 0 Å². The molecule has 0 saturated carbocycles. The number of amides is 3. The standard InChI is InChI=1S/C17H23N3O4/c1-19-11-15(18-17(19)22)16(21)20-9-7-14(8-10-20)24-13-5-3-12(23-2)4-6-13/h3-6,14-15H,7-11H2,1-2H3,(H,18,22). The van der Waals surface area contributed by atoms with Gasteiger partial charge in [-0.05, 0) is 24.3 Å². The molecule has 0 spiro atoms. The van der Waals surface area contributed by atoms with Gasteiger partial charge in [0.15, 0.2) is 0 Å². The van der Waals surface area contributed by atoms with Gasteiger partial charge in [0.2, 0.25) is 5.91 Å². The van der Waals surface area contributed by atoms with E-state index in [-0.39, 0.29) is 18.0 Å². The summed E-state index contributed by atoms with van der Waals surface area (Å²) in [5, 5.41) is 2.72. The van der Waals surface area contributed by atoms with Gasteiger partial charge in [-0.3, -0.25) is 4.79 Å². The minimum absolute atomic E-state index is 0.00408. The summed E-state index contributed by atoms with van der Waals surface area (Å²) in [4.78, 5) is 27.3. The number of urea groups is 1. The van der Waals surface area contributed by atoms with Crippen LogP contribution in [0.25, 0.3) is 0 Å². The van der Waals surface area contributed by atoms with Gasteiger partial charge in [-0.1, -0.05) is 0 Å². The lowest BCUT2D eigenvalue weighted by molar-refractivity contribution is -0.134. The van der Waals surface area contributed by atoms with Crippen molar-refractivity contribution in [1.29, 1.82) is 0 Å². The number of benzene rings is 1. The fourth-order valence-corrected chi connectivity index (χ4v) is 3.06. The van der Waals surface area contributed by atoms with Gasteiger partial charge in [0.1, 0.15) is 23.6 Å². The van der Waals surface area contributed by atoms with Crippen molar-refractivity contribution >= 4 is 11.9 Å². The molecule has 7 heteroatoms. The summed E-state index contributed by atoms with van der Waals surface area (Å²) in [6.07, 6.45) is 1.67. The molecule has 1 atom stereocenters. The van der Waals surface area contributed by atoms with Crippen LogP contribution in [0.1, 0.15) is 12.8 Å². The molecule has 3 amide bonds. The third-order valence-corrected chi connectivity index (χ3v) is 4.51. The van der Waals surface area contributed by atoms with Gasteiger partial charge in [-0.2, -0.15) is 0 Å². The van der Waals surface area contributed by atoms with Crippen molar-refractivity contribution in [1.82, 2.24) is 15.1 Å². The lowest BCUT2D eigenvalue weighted by atomic mass is 10.1. The van der Waals surface area contributed by atoms with E-state index in [1.807, 2.05) is 29.2 Å². The second-order valence-corrected chi connectivity index (χ2v) is 6.20. The fourth-order valence-electron chi connectivity index (χ4n) is 3.06. The maximum Gasteiger partial charge on any atom is 0.317 e. The van der Waals surface area contributed by atoms with Gasteiger partial charge < -0.3 is 24.6 Å². The van der Waals surface area contributed by atoms with E-state index in [9.17, 15) is 9.59 Å². The highest BCUT2D eigenvalue weighted by molar-refractivity contribution is 5.90. The van der Waals surface area contributed by atoms with Gasteiger partial charge in [0, 0.05) is 33.0 Å². The maximum atomic E-state index is 12.5. The lowest BCUT2D eigenvalue weighted by Crippen LogP contribution is -2.49. The number of hydrogen-bond donors (Lipinski definition) is 1. The van der Waals surface area contributed by atoms with E-state index in [0.29, 0.717) is 19.6 Å². The highest BCUT2D eigenvalue weighted by Crippen LogP contribution is 2.22. The van der Waals surface area contributed by atoms with Crippen LogP contribution in [-0.2, 0) is 4.79 Å². The Balaban J connectivity index is 1.48. The largest absolute Gasteiger partial charge is 0.497 e. The number of methoxy groups -OCH3 is 1. The number of piperidine rings is 1. The average molecular weight is 333 g/mol. The van der Waals surface area contributed by atoms with Crippen LogP contribution in [0.5, 0.6) is 11.5 Å². The summed E-state index contributed by atoms with van der Waals surface area (Å²) in [5.74, 6) is 1.60. The second-order valence-electron chi connectivity index (χ2n) is 6.20. The number of likely N-dealkylation sites (N-methyl/N-ethyl adjacent to an activating group) is 1. The normalized spacial score (nSPS) is 21.6. The molecule has 3 rings (SSSR count). The highest BCUT2D eigenvalue weighted by Gasteiger charge is 2.35. The third-order valence-electron chi connectivity index (χ3n) is 4.51. The van der Waals surface area contributed by atoms with Crippen molar-refractivity contribution < 1.29 is 19.1 Å². The summed E-state index contributed by atoms with van der Waals surface area (Å²) in [5.41, 5.74) is 0. The Morgan fingerprint density at radius 1 is 1.17 bits per heavy atom. The van der Waals surface area contributed by atoms with Gasteiger partial charge in [0.25, 0.3) is 0 Å². The number of likely N-dealkylation sites (tertiary alicyclic amines) is 1. The second kappa shape index (κ2) is 6.98. The summed E-state index contributed by atoms with van der Waals surface area (Å²) in [6, 6.07) is 6.90. The van der Waals surface area contributed by atoms with E-state index in [1.54, 1.807) is 14.2 Å². The lowest BCUT2D eigenvalue weighted by Gasteiger charge is -2.33. The van der Waals surface area contributed by atoms with Crippen LogP contribution in [0, 0.1) is 0 Å². The van der Waals surface area contributed by atoms with Crippen LogP contribution in [0.15, 0.2) is 24.3 Å². The van der Waals surface area contributed by atoms with Crippen molar-refractivity contribution in [2.75, 3.05) is 33.8 Å². The molecule has 0 radical (unpaired) electrons. The van der Waals surface area contributed by atoms with E-state index in [4.69, 9.17) is 9.47 Å². The zero-order valence-electron chi connectivity index (χ0n) is 14.0. The molecule has 2 heterocycles. The molecule has 0 aromatic heterocycles. The molecule has 2 aliphatic heterocycles. The van der Waals surface area contributed by atoms with Crippen LogP contribution < -0.4 is 14.8 Å². The Hall–Kier alpha value is -2.44. The fraction of sp³-hybridized carbons (Fsp3) is 0.529. The summed E-state index contributed by atoms with van der Waals surface area (Å²) >= 11 is 0. The number of ether oxygens (including phenoxy) is 2. The molecule has 1 aromatic rings. The molecule has 24 heavy (non-hydrogen) atoms. The van der Waals surface area contributed by atoms with E-state index < -0.39 is 6.04 Å². The predicted octanol–water partition coefficient (Wildman–Crippen LogP) is 1.09. The number of nitrogens with zero attached hydrogens (tertiary/aromatic N) is 2. The molecule has 1 unspecified atom stereocenters. The SMILES string of the molecule is COc1ccc(OC2CCN(C(=O)C3CN(C)C(=O)N3)CC2)cc1. The van der Waals surface area contributed by atoms with Gasteiger partial charge >= 0.3 is 6.03 Å². The van der Waals surface area contributed by atoms with E-state index in [0.717, 1.165) is 24.3 Å². The first-order valence-corrected chi connectivity index (χ1v) is 8.18. The molecule has 0 bridgehead atoms. The number of hydrogen-bond acceptors (Lipinski definition) is 4. The zero-order chi connectivity index (χ0) is 17.1. The summed E-state index contributed by atoms with van der Waals surface area (Å²) < 4.78 is 11.1. The Morgan fingerprint density at radius 3 is 2.33 bits per heavy atom. The Kier molecular flexibility index (Phi) is 4.78. The van der Waals surface area contributed by atoms with E-state index in [1.165, 1.54) is 4.90 Å². The van der Waals surface area contributed by atoms with Crippen LogP contribution in [0.3, 0.4) is 0 Å². The molecule has 7 nitrogen and oxygen atoms in total. The number of carbonyl (C=O) groups excluding carboxylic acids is 2. The first-order valence-electron chi connectivity index (χ1n) is 8.18. The summed E-state index contributed by atoms with van der Waals surface area (Å²) in [7, 11) is 3.32. The molecule has 1 aromatic carbocycles. The van der Waals surface area contributed by atoms with Crippen LogP contribution in [0.4, 0.5) is 4.79 Å². The van der Waals surface area contributed by atoms with Crippen molar-refractivity contribution in [2.45, 2.75) is 25.0 Å². The number of carbonyl (C=O) groups is 2. The first kappa shape index (κ1) is 16.4. The molecule has 130 valence electrons. The van der Waals surface area contributed by atoms with Crippen LogP contribution >= 0.6 is 0 Å². The van der Waals surface area contributed by atoms with E-state index in [2.05, 4.69) is 5.32 Å². The minimum Gasteiger partial charge on any atom is -0.497 e.